The molecule has 0 spiro atoms. The summed E-state index contributed by atoms with van der Waals surface area (Å²) >= 11 is 1.81. The topological polar surface area (TPSA) is 24.4 Å². The maximum Gasteiger partial charge on any atom is 0.157 e. The molecule has 0 saturated carbocycles. The maximum absolute atomic E-state index is 4.55. The first-order chi connectivity index (χ1) is 7.24. The molecular formula is C12H16N2S. The number of benzene rings is 1. The van der Waals surface area contributed by atoms with Gasteiger partial charge in [-0.2, -0.15) is 0 Å². The molecule has 2 rings (SSSR count). The highest BCUT2D eigenvalue weighted by Crippen LogP contribution is 2.14. The number of thioether (sulfide) groups is 1. The second kappa shape index (κ2) is 4.71. The number of aryl methyl sites for hydroxylation is 1. The van der Waals surface area contributed by atoms with E-state index in [4.69, 9.17) is 0 Å². The predicted molar refractivity (Wildman–Crippen MR) is 67.4 cm³/mol. The Balaban J connectivity index is 1.98. The highest BCUT2D eigenvalue weighted by Gasteiger charge is 2.14. The van der Waals surface area contributed by atoms with Crippen LogP contribution in [0.3, 0.4) is 0 Å². The van der Waals surface area contributed by atoms with Crippen LogP contribution >= 0.6 is 11.8 Å². The van der Waals surface area contributed by atoms with Gasteiger partial charge >= 0.3 is 0 Å². The largest absolute Gasteiger partial charge is 0.362 e. The molecule has 1 aliphatic rings. The molecular weight excluding hydrogens is 204 g/mol. The van der Waals surface area contributed by atoms with Gasteiger partial charge in [0, 0.05) is 11.8 Å². The molecule has 3 heteroatoms. The third-order valence-electron chi connectivity index (χ3n) is 2.33. The van der Waals surface area contributed by atoms with Crippen molar-refractivity contribution in [2.45, 2.75) is 26.4 Å². The van der Waals surface area contributed by atoms with E-state index in [0.29, 0.717) is 6.04 Å². The van der Waals surface area contributed by atoms with Gasteiger partial charge in [0.05, 0.1) is 6.54 Å². The lowest BCUT2D eigenvalue weighted by molar-refractivity contribution is 0.764. The molecule has 1 aliphatic heterocycles. The minimum absolute atomic E-state index is 0.561. The van der Waals surface area contributed by atoms with Crippen molar-refractivity contribution in [2.24, 2.45) is 4.99 Å². The van der Waals surface area contributed by atoms with Gasteiger partial charge in [0.15, 0.2) is 5.17 Å². The molecule has 1 atom stereocenters. The number of hydrogen-bond donors (Lipinski definition) is 1. The van der Waals surface area contributed by atoms with Crippen molar-refractivity contribution < 1.29 is 0 Å². The summed E-state index contributed by atoms with van der Waals surface area (Å²) in [5.74, 6) is 1.13. The zero-order valence-electron chi connectivity index (χ0n) is 9.16. The summed E-state index contributed by atoms with van der Waals surface area (Å²) in [5, 5.41) is 4.44. The Bertz CT molecular complexity index is 374. The van der Waals surface area contributed by atoms with Crippen LogP contribution in [0.2, 0.25) is 0 Å². The van der Waals surface area contributed by atoms with Gasteiger partial charge in [-0.25, -0.2) is 0 Å². The first kappa shape index (κ1) is 10.6. The molecule has 1 aromatic carbocycles. The van der Waals surface area contributed by atoms with Crippen molar-refractivity contribution in [3.63, 3.8) is 0 Å². The summed E-state index contributed by atoms with van der Waals surface area (Å²) in [4.78, 5) is 4.55. The first-order valence-corrected chi connectivity index (χ1v) is 6.22. The molecule has 0 radical (unpaired) electrons. The van der Waals surface area contributed by atoms with E-state index in [1.165, 1.54) is 11.1 Å². The number of aliphatic imine (C=N–C) groups is 1. The van der Waals surface area contributed by atoms with Crippen LogP contribution in [0.15, 0.2) is 29.3 Å². The monoisotopic (exact) mass is 220 g/mol. The number of amidine groups is 1. The Morgan fingerprint density at radius 1 is 1.53 bits per heavy atom. The number of nitrogens with zero attached hydrogens (tertiary/aromatic N) is 1. The van der Waals surface area contributed by atoms with Gasteiger partial charge < -0.3 is 5.32 Å². The number of rotatable bonds is 2. The summed E-state index contributed by atoms with van der Waals surface area (Å²) in [6.07, 6.45) is 0. The van der Waals surface area contributed by atoms with Gasteiger partial charge in [-0.1, -0.05) is 41.6 Å². The Labute approximate surface area is 95.2 Å². The van der Waals surface area contributed by atoms with Crippen LogP contribution in [0.1, 0.15) is 18.1 Å². The normalized spacial score (nSPS) is 23.1. The second-order valence-corrected chi connectivity index (χ2v) is 4.98. The average Bonchev–Trinajstić information content (AvgIpc) is 2.62. The van der Waals surface area contributed by atoms with Crippen molar-refractivity contribution in [1.29, 1.82) is 0 Å². The van der Waals surface area contributed by atoms with Gasteiger partial charge in [0.1, 0.15) is 0 Å². The summed E-state index contributed by atoms with van der Waals surface area (Å²) < 4.78 is 0. The minimum atomic E-state index is 0.561. The van der Waals surface area contributed by atoms with Crippen LogP contribution in [-0.2, 0) is 6.54 Å². The van der Waals surface area contributed by atoms with Crippen LogP contribution in [0.25, 0.3) is 0 Å². The Morgan fingerprint density at radius 3 is 3.07 bits per heavy atom. The molecule has 1 aromatic rings. The quantitative estimate of drug-likeness (QED) is 0.828. The van der Waals surface area contributed by atoms with Gasteiger partial charge in [-0.3, -0.25) is 4.99 Å². The van der Waals surface area contributed by atoms with E-state index in [1.807, 2.05) is 11.8 Å². The SMILES string of the molecule is Cc1cccc(CN=C2NC(C)CS2)c1. The summed E-state index contributed by atoms with van der Waals surface area (Å²) in [5.41, 5.74) is 2.58. The second-order valence-electron chi connectivity index (χ2n) is 3.97. The van der Waals surface area contributed by atoms with Crippen LogP contribution in [-0.4, -0.2) is 17.0 Å². The molecule has 1 fully saturated rings. The van der Waals surface area contributed by atoms with Crippen molar-refractivity contribution in [2.75, 3.05) is 5.75 Å². The van der Waals surface area contributed by atoms with Crippen molar-refractivity contribution in [1.82, 2.24) is 5.32 Å². The summed E-state index contributed by atoms with van der Waals surface area (Å²) in [7, 11) is 0. The Hall–Kier alpha value is -0.960. The zero-order chi connectivity index (χ0) is 10.7. The molecule has 15 heavy (non-hydrogen) atoms. The van der Waals surface area contributed by atoms with Crippen molar-refractivity contribution in [3.05, 3.63) is 35.4 Å². The van der Waals surface area contributed by atoms with Gasteiger partial charge in [-0.05, 0) is 19.4 Å². The Kier molecular flexibility index (Phi) is 3.31. The molecule has 1 unspecified atom stereocenters. The van der Waals surface area contributed by atoms with E-state index in [2.05, 4.69) is 48.4 Å². The number of nitrogens with one attached hydrogen (secondary N) is 1. The number of hydrogen-bond acceptors (Lipinski definition) is 2. The van der Waals surface area contributed by atoms with Crippen LogP contribution in [0.4, 0.5) is 0 Å². The third-order valence-corrected chi connectivity index (χ3v) is 3.51. The van der Waals surface area contributed by atoms with E-state index in [9.17, 15) is 0 Å². The van der Waals surface area contributed by atoms with E-state index < -0.39 is 0 Å². The molecule has 80 valence electrons. The van der Waals surface area contributed by atoms with Crippen molar-refractivity contribution >= 4 is 16.9 Å². The van der Waals surface area contributed by atoms with E-state index in [1.54, 1.807) is 0 Å². The highest BCUT2D eigenvalue weighted by atomic mass is 32.2. The van der Waals surface area contributed by atoms with Crippen molar-refractivity contribution in [3.8, 4) is 0 Å². The average molecular weight is 220 g/mol. The molecule has 1 N–H and O–H groups in total. The van der Waals surface area contributed by atoms with Gasteiger partial charge in [-0.15, -0.1) is 0 Å². The zero-order valence-corrected chi connectivity index (χ0v) is 9.97. The standard InChI is InChI=1S/C12H16N2S/c1-9-4-3-5-11(6-9)7-13-12-14-10(2)8-15-12/h3-6,10H,7-8H2,1-2H3,(H,13,14). The smallest absolute Gasteiger partial charge is 0.157 e. The van der Waals surface area contributed by atoms with Crippen LogP contribution in [0, 0.1) is 6.92 Å². The van der Waals surface area contributed by atoms with Gasteiger partial charge in [0.2, 0.25) is 0 Å². The lowest BCUT2D eigenvalue weighted by Crippen LogP contribution is -2.23. The fourth-order valence-corrected chi connectivity index (χ4v) is 2.49. The summed E-state index contributed by atoms with van der Waals surface area (Å²) in [6, 6.07) is 9.07. The first-order valence-electron chi connectivity index (χ1n) is 5.23. The molecule has 1 heterocycles. The minimum Gasteiger partial charge on any atom is -0.362 e. The molecule has 0 aliphatic carbocycles. The van der Waals surface area contributed by atoms with E-state index >= 15 is 0 Å². The highest BCUT2D eigenvalue weighted by molar-refractivity contribution is 8.14. The Morgan fingerprint density at radius 2 is 2.40 bits per heavy atom. The molecule has 0 bridgehead atoms. The fraction of sp³-hybridized carbons (Fsp3) is 0.417. The lowest BCUT2D eigenvalue weighted by atomic mass is 10.1. The molecule has 2 nitrogen and oxygen atoms in total. The lowest BCUT2D eigenvalue weighted by Gasteiger charge is -2.02. The van der Waals surface area contributed by atoms with E-state index in [0.717, 1.165) is 17.5 Å². The predicted octanol–water partition coefficient (Wildman–Crippen LogP) is 2.58. The molecule has 0 amide bonds. The van der Waals surface area contributed by atoms with Gasteiger partial charge in [0.25, 0.3) is 0 Å². The fourth-order valence-electron chi connectivity index (χ4n) is 1.56. The maximum atomic E-state index is 4.55. The molecule has 0 aromatic heterocycles. The summed E-state index contributed by atoms with van der Waals surface area (Å²) in [6.45, 7) is 5.08. The van der Waals surface area contributed by atoms with E-state index in [-0.39, 0.29) is 0 Å². The molecule has 1 saturated heterocycles. The van der Waals surface area contributed by atoms with Crippen LogP contribution < -0.4 is 5.32 Å². The van der Waals surface area contributed by atoms with Crippen LogP contribution in [0.5, 0.6) is 0 Å². The third kappa shape index (κ3) is 2.99.